The van der Waals surface area contributed by atoms with Gasteiger partial charge >= 0.3 is 0 Å². The summed E-state index contributed by atoms with van der Waals surface area (Å²) in [5.41, 5.74) is 3.16. The molecule has 282 valence electrons. The van der Waals surface area contributed by atoms with Gasteiger partial charge in [0.15, 0.2) is 0 Å². The van der Waals surface area contributed by atoms with Gasteiger partial charge in [0.25, 0.3) is 5.91 Å². The Labute approximate surface area is 312 Å². The Hall–Kier alpha value is -2.74. The smallest absolute Gasteiger partial charge is 0.264 e. The third-order valence-corrected chi connectivity index (χ3v) is 15.0. The lowest BCUT2D eigenvalue weighted by molar-refractivity contribution is -0.0528. The number of anilines is 1. The number of rotatable bonds is 2. The van der Waals surface area contributed by atoms with E-state index in [1.807, 2.05) is 6.07 Å². The van der Waals surface area contributed by atoms with Gasteiger partial charge in [-0.3, -0.25) is 19.5 Å². The highest BCUT2D eigenvalue weighted by Crippen LogP contribution is 2.45. The van der Waals surface area contributed by atoms with Crippen molar-refractivity contribution in [2.24, 2.45) is 5.92 Å². The fourth-order valence-electron chi connectivity index (χ4n) is 9.36. The van der Waals surface area contributed by atoms with Gasteiger partial charge in [0.2, 0.25) is 10.0 Å². The van der Waals surface area contributed by atoms with Crippen molar-refractivity contribution >= 4 is 33.2 Å². The van der Waals surface area contributed by atoms with Gasteiger partial charge in [0.1, 0.15) is 11.6 Å². The number of piperazine rings is 1. The van der Waals surface area contributed by atoms with Gasteiger partial charge in [-0.25, -0.2) is 17.5 Å². The second-order valence-corrected chi connectivity index (χ2v) is 18.5. The van der Waals surface area contributed by atoms with Crippen LogP contribution in [0, 0.1) is 5.92 Å². The Bertz CT molecular complexity index is 1830. The number of aryl methyl sites for hydroxylation is 1. The molecule has 3 saturated heterocycles. The molecule has 13 heteroatoms. The average molecular weight is 756 g/mol. The lowest BCUT2D eigenvalue weighted by atomic mass is 9.70. The second kappa shape index (κ2) is 14.5. The van der Waals surface area contributed by atoms with Gasteiger partial charge in [0, 0.05) is 80.4 Å². The maximum Gasteiger partial charge on any atom is 0.264 e. The number of carbonyl (C=O) groups is 1. The lowest BCUT2D eigenvalue weighted by Crippen LogP contribution is -2.63. The highest BCUT2D eigenvalue weighted by atomic mass is 35.5. The average Bonchev–Trinajstić information content (AvgIpc) is 3.27. The fraction of sp³-hybridized carbons (Fsp3) is 0.615. The van der Waals surface area contributed by atoms with Gasteiger partial charge in [-0.15, -0.1) is 0 Å². The van der Waals surface area contributed by atoms with E-state index in [0.29, 0.717) is 44.6 Å². The van der Waals surface area contributed by atoms with E-state index in [1.165, 1.54) is 11.1 Å². The van der Waals surface area contributed by atoms with E-state index < -0.39 is 33.1 Å². The molecule has 2 bridgehead atoms. The van der Waals surface area contributed by atoms with Crippen LogP contribution in [0.1, 0.15) is 61.0 Å². The number of allylic oxidation sites excluding steroid dienone is 1. The van der Waals surface area contributed by atoms with Gasteiger partial charge in [-0.05, 0) is 86.4 Å². The summed E-state index contributed by atoms with van der Waals surface area (Å²) in [6.07, 6.45) is 5.64. The van der Waals surface area contributed by atoms with Gasteiger partial charge in [-0.2, -0.15) is 0 Å². The van der Waals surface area contributed by atoms with Crippen molar-refractivity contribution in [3.8, 4) is 5.75 Å². The number of sulfonamides is 1. The number of amides is 1. The molecule has 5 heterocycles. The molecule has 0 unspecified atom stereocenters. The number of morpholine rings is 1. The van der Waals surface area contributed by atoms with Gasteiger partial charge in [0.05, 0.1) is 36.8 Å². The molecule has 52 heavy (non-hydrogen) atoms. The minimum atomic E-state index is -4.05. The first-order valence-corrected chi connectivity index (χ1v) is 20.9. The van der Waals surface area contributed by atoms with E-state index >= 15 is 4.39 Å². The first-order valence-electron chi connectivity index (χ1n) is 19.0. The largest absolute Gasteiger partial charge is 0.490 e. The van der Waals surface area contributed by atoms with Gasteiger partial charge in [-0.1, -0.05) is 30.7 Å². The standard InChI is InChI=1S/C39H51ClFN5O5S/c1-26-5-9-34(41)36(22-43-14-15-44-16-17-50-23-32(44)20-43)46-13-11-31(46)21-45-24-39(12-3-4-28-18-30(40)7-8-33(28)39)25-51-37-10-6-29(19-35(37)45)38(47)42-52(48,49)27(26)2/h6-10,18-19,26-27,31-32,36H,3-5,11-17,20-25H2,1-2H3,(H,42,47)/b34-9-/t26-,27+,31-,32-,36-,39-/m0/s1. The SMILES string of the molecule is C[C@@H]1[C@@H](C)C/C=C(\F)[C@H](CN2CCN3CCOC[C@@H]3C2)N2CC[C@H]2CN2C[C@@]3(CCCc4cc(Cl)ccc43)COc3ccc(cc32)C(=O)NS1(=O)=O. The summed E-state index contributed by atoms with van der Waals surface area (Å²) in [5.74, 6) is -0.654. The van der Waals surface area contributed by atoms with E-state index in [-0.39, 0.29) is 29.3 Å². The molecule has 8 rings (SSSR count). The Morgan fingerprint density at radius 1 is 1.06 bits per heavy atom. The number of carbonyl (C=O) groups excluding carboxylic acids is 1. The van der Waals surface area contributed by atoms with Crippen LogP contribution >= 0.6 is 11.6 Å². The Kier molecular flexibility index (Phi) is 10.1. The predicted octanol–water partition coefficient (Wildman–Crippen LogP) is 4.61. The highest BCUT2D eigenvalue weighted by molar-refractivity contribution is 7.90. The fourth-order valence-corrected chi connectivity index (χ4v) is 10.8. The minimum absolute atomic E-state index is 0.0712. The quantitative estimate of drug-likeness (QED) is 0.472. The molecule has 5 aliphatic heterocycles. The van der Waals surface area contributed by atoms with Crippen molar-refractivity contribution in [2.75, 3.05) is 77.1 Å². The number of benzene rings is 2. The molecule has 1 amide bonds. The van der Waals surface area contributed by atoms with E-state index in [9.17, 15) is 13.2 Å². The van der Waals surface area contributed by atoms with Crippen LogP contribution in [0.5, 0.6) is 5.75 Å². The van der Waals surface area contributed by atoms with Crippen molar-refractivity contribution < 1.29 is 27.1 Å². The maximum absolute atomic E-state index is 16.7. The highest BCUT2D eigenvalue weighted by Gasteiger charge is 2.45. The second-order valence-electron chi connectivity index (χ2n) is 16.0. The molecule has 6 atom stereocenters. The summed E-state index contributed by atoms with van der Waals surface area (Å²) in [7, 11) is -4.05. The molecule has 1 aliphatic carbocycles. The number of hydrogen-bond acceptors (Lipinski definition) is 9. The van der Waals surface area contributed by atoms with E-state index in [0.717, 1.165) is 75.7 Å². The van der Waals surface area contributed by atoms with Gasteiger partial charge < -0.3 is 14.4 Å². The van der Waals surface area contributed by atoms with Crippen LogP contribution in [0.25, 0.3) is 0 Å². The first-order chi connectivity index (χ1) is 25.0. The molecule has 2 aromatic carbocycles. The normalized spacial score (nSPS) is 34.0. The molecule has 3 fully saturated rings. The van der Waals surface area contributed by atoms with Crippen LogP contribution in [-0.2, 0) is 26.6 Å². The number of fused-ring (bicyclic) bond motifs is 5. The van der Waals surface area contributed by atoms with Crippen LogP contribution in [0.4, 0.5) is 10.1 Å². The zero-order valence-corrected chi connectivity index (χ0v) is 31.8. The molecule has 6 aliphatic rings. The van der Waals surface area contributed by atoms with Crippen LogP contribution in [0.3, 0.4) is 0 Å². The number of halogens is 2. The Morgan fingerprint density at radius 2 is 1.92 bits per heavy atom. The summed E-state index contributed by atoms with van der Waals surface area (Å²) in [4.78, 5) is 23.1. The van der Waals surface area contributed by atoms with Crippen molar-refractivity contribution in [1.29, 1.82) is 0 Å². The van der Waals surface area contributed by atoms with E-state index in [4.69, 9.17) is 21.1 Å². The predicted molar refractivity (Wildman–Crippen MR) is 201 cm³/mol. The Balaban J connectivity index is 1.17. The molecule has 1 spiro atoms. The monoisotopic (exact) mass is 755 g/mol. The third kappa shape index (κ3) is 6.99. The minimum Gasteiger partial charge on any atom is -0.490 e. The molecule has 10 nitrogen and oxygen atoms in total. The van der Waals surface area contributed by atoms with Crippen LogP contribution < -0.4 is 14.4 Å². The van der Waals surface area contributed by atoms with Crippen molar-refractivity contribution in [3.05, 3.63) is 70.0 Å². The zero-order chi connectivity index (χ0) is 36.2. The Morgan fingerprint density at radius 3 is 2.75 bits per heavy atom. The summed E-state index contributed by atoms with van der Waals surface area (Å²) < 4.78 is 58.5. The molecule has 0 saturated carbocycles. The maximum atomic E-state index is 16.7. The first kappa shape index (κ1) is 36.2. The lowest BCUT2D eigenvalue weighted by Gasteiger charge is -2.51. The summed E-state index contributed by atoms with van der Waals surface area (Å²) in [5, 5.41) is -0.194. The summed E-state index contributed by atoms with van der Waals surface area (Å²) in [6, 6.07) is 11.3. The molecule has 2 aromatic rings. The van der Waals surface area contributed by atoms with Crippen LogP contribution in [0.2, 0.25) is 5.02 Å². The van der Waals surface area contributed by atoms with Crippen molar-refractivity contribution in [3.63, 3.8) is 0 Å². The molecule has 0 radical (unpaired) electrons. The number of nitrogens with zero attached hydrogens (tertiary/aromatic N) is 4. The summed E-state index contributed by atoms with van der Waals surface area (Å²) in [6.45, 7) is 11.5. The van der Waals surface area contributed by atoms with E-state index in [1.54, 1.807) is 38.1 Å². The van der Waals surface area contributed by atoms with Crippen molar-refractivity contribution in [1.82, 2.24) is 19.4 Å². The molecular weight excluding hydrogens is 705 g/mol. The van der Waals surface area contributed by atoms with Crippen molar-refractivity contribution in [2.45, 2.75) is 74.7 Å². The summed E-state index contributed by atoms with van der Waals surface area (Å²) >= 11 is 6.47. The molecule has 0 aromatic heterocycles. The molecular formula is C39H51ClFN5O5S. The third-order valence-electron chi connectivity index (χ3n) is 12.8. The number of hydrogen-bond donors (Lipinski definition) is 1. The number of nitrogens with one attached hydrogen (secondary N) is 1. The van der Waals surface area contributed by atoms with E-state index in [2.05, 4.69) is 36.5 Å². The zero-order valence-electron chi connectivity index (χ0n) is 30.2. The van der Waals surface area contributed by atoms with Crippen LogP contribution in [-0.4, -0.2) is 125 Å². The molecule has 1 N–H and O–H groups in total. The van der Waals surface area contributed by atoms with Crippen LogP contribution in [0.15, 0.2) is 48.3 Å². The topological polar surface area (TPSA) is 94.7 Å². The number of ether oxygens (including phenoxy) is 2.